The van der Waals surface area contributed by atoms with Gasteiger partial charge in [0.2, 0.25) is 0 Å². The molecule has 0 saturated carbocycles. The van der Waals surface area contributed by atoms with Crippen LogP contribution >= 0.6 is 0 Å². The van der Waals surface area contributed by atoms with Gasteiger partial charge in [0.05, 0.1) is 34.5 Å². The summed E-state index contributed by atoms with van der Waals surface area (Å²) in [5.74, 6) is -2.63. The average molecular weight is 631 g/mol. The summed E-state index contributed by atoms with van der Waals surface area (Å²) in [6.45, 7) is 0. The molecule has 0 spiro atoms. The molecule has 0 fully saturated rings. The molecule has 216 valence electrons. The third kappa shape index (κ3) is 8.37. The van der Waals surface area contributed by atoms with Gasteiger partial charge < -0.3 is 29.8 Å². The molecular formula is C32H20N6Na2O6. The van der Waals surface area contributed by atoms with Crippen molar-refractivity contribution in [3.63, 3.8) is 0 Å². The summed E-state index contributed by atoms with van der Waals surface area (Å²) in [5, 5.41) is 22.6. The summed E-state index contributed by atoms with van der Waals surface area (Å²) >= 11 is 0. The number of carbonyl (C=O) groups excluding carboxylic acids is 2. The van der Waals surface area contributed by atoms with Crippen molar-refractivity contribution in [3.8, 4) is 45.3 Å². The van der Waals surface area contributed by atoms with Gasteiger partial charge in [0.1, 0.15) is 11.6 Å². The van der Waals surface area contributed by atoms with Crippen LogP contribution in [0.2, 0.25) is 0 Å². The van der Waals surface area contributed by atoms with Gasteiger partial charge >= 0.3 is 59.1 Å². The first-order valence-corrected chi connectivity index (χ1v) is 13.0. The summed E-state index contributed by atoms with van der Waals surface area (Å²) in [5.41, 5.74) is -0.122. The Labute approximate surface area is 305 Å². The zero-order chi connectivity index (χ0) is 31.1. The van der Waals surface area contributed by atoms with Gasteiger partial charge in [0, 0.05) is 47.0 Å². The van der Waals surface area contributed by atoms with Crippen LogP contribution in [0.5, 0.6) is 0 Å². The molecular weight excluding hydrogens is 610 g/mol. The Bertz CT molecular complexity index is 1910. The number of nitrogens with one attached hydrogen (secondary N) is 2. The van der Waals surface area contributed by atoms with Gasteiger partial charge in [0.25, 0.3) is 11.1 Å². The first-order valence-electron chi connectivity index (χ1n) is 13.0. The zero-order valence-corrected chi connectivity index (χ0v) is 28.6. The van der Waals surface area contributed by atoms with Gasteiger partial charge in [-0.1, -0.05) is 60.7 Å². The number of H-pyrrole nitrogens is 2. The van der Waals surface area contributed by atoms with E-state index in [2.05, 4.69) is 29.9 Å². The van der Waals surface area contributed by atoms with Crippen molar-refractivity contribution in [1.29, 1.82) is 0 Å². The van der Waals surface area contributed by atoms with E-state index >= 15 is 0 Å². The first kappa shape index (κ1) is 35.9. The number of aromatic amines is 2. The number of nitrogens with zero attached hydrogens (tertiary/aromatic N) is 4. The van der Waals surface area contributed by atoms with Crippen molar-refractivity contribution in [3.05, 3.63) is 142 Å². The molecule has 0 amide bonds. The van der Waals surface area contributed by atoms with Crippen LogP contribution in [0.25, 0.3) is 45.3 Å². The van der Waals surface area contributed by atoms with Crippen molar-refractivity contribution in [2.24, 2.45) is 0 Å². The second-order valence-corrected chi connectivity index (χ2v) is 9.07. The second kappa shape index (κ2) is 16.7. The SMILES string of the molecule is O=C([O-])c1c(-c2ccccc2)nc(-c2cccnc2)[nH]c1=O.O=C([O-])c1c(-c2ccccc2)nc(-c2cccnc2)[nH]c1=O.[Na+].[Na+]. The number of aromatic carboxylic acids is 2. The number of aromatic nitrogens is 6. The fourth-order valence-corrected chi connectivity index (χ4v) is 4.21. The quantitative estimate of drug-likeness (QED) is 0.170. The van der Waals surface area contributed by atoms with Crippen molar-refractivity contribution >= 4 is 11.9 Å². The third-order valence-corrected chi connectivity index (χ3v) is 6.21. The van der Waals surface area contributed by atoms with E-state index in [1.54, 1.807) is 97.3 Å². The fourth-order valence-electron chi connectivity index (χ4n) is 4.21. The molecule has 0 unspecified atom stereocenters. The molecule has 6 rings (SSSR count). The van der Waals surface area contributed by atoms with Gasteiger partial charge in [-0.05, 0) is 24.3 Å². The van der Waals surface area contributed by atoms with Crippen LogP contribution in [0.1, 0.15) is 20.7 Å². The third-order valence-electron chi connectivity index (χ3n) is 6.21. The molecule has 4 aromatic heterocycles. The van der Waals surface area contributed by atoms with Crippen molar-refractivity contribution in [1.82, 2.24) is 29.9 Å². The van der Waals surface area contributed by atoms with Crippen LogP contribution in [0.3, 0.4) is 0 Å². The normalized spacial score (nSPS) is 9.91. The van der Waals surface area contributed by atoms with Crippen LogP contribution in [-0.4, -0.2) is 41.8 Å². The largest absolute Gasteiger partial charge is 1.00 e. The van der Waals surface area contributed by atoms with E-state index in [0.29, 0.717) is 22.3 Å². The zero-order valence-electron chi connectivity index (χ0n) is 24.6. The standard InChI is InChI=1S/2C16H11N3O3.2Na/c2*20-15-12(16(21)22)13(10-5-2-1-3-6-10)18-14(19-15)11-7-4-8-17-9-11;;/h2*1-9H,(H,21,22)(H,18,19,20);;/q;;2*+1/p-2. The topological polar surface area (TPSA) is 198 Å². The number of rotatable bonds is 6. The molecule has 0 atom stereocenters. The van der Waals surface area contributed by atoms with E-state index in [-0.39, 0.29) is 82.2 Å². The second-order valence-electron chi connectivity index (χ2n) is 9.07. The minimum atomic E-state index is -1.56. The number of hydrogen-bond donors (Lipinski definition) is 2. The number of pyridine rings is 2. The van der Waals surface area contributed by atoms with Gasteiger partial charge in [-0.25, -0.2) is 9.97 Å². The Balaban J connectivity index is 0.000000240. The van der Waals surface area contributed by atoms with Crippen LogP contribution < -0.4 is 80.4 Å². The molecule has 0 radical (unpaired) electrons. The van der Waals surface area contributed by atoms with Crippen LogP contribution in [0, 0.1) is 0 Å². The van der Waals surface area contributed by atoms with E-state index in [1.807, 2.05) is 0 Å². The monoisotopic (exact) mass is 630 g/mol. The number of hydrogen-bond acceptors (Lipinski definition) is 10. The molecule has 0 aliphatic carbocycles. The van der Waals surface area contributed by atoms with E-state index in [9.17, 15) is 29.4 Å². The summed E-state index contributed by atoms with van der Waals surface area (Å²) < 4.78 is 0. The van der Waals surface area contributed by atoms with Crippen LogP contribution in [0.15, 0.2) is 119 Å². The van der Waals surface area contributed by atoms with Crippen molar-refractivity contribution in [2.75, 3.05) is 0 Å². The molecule has 14 heteroatoms. The summed E-state index contributed by atoms with van der Waals surface area (Å²) in [6, 6.07) is 24.1. The van der Waals surface area contributed by atoms with E-state index in [1.165, 1.54) is 12.4 Å². The summed E-state index contributed by atoms with van der Waals surface area (Å²) in [7, 11) is 0. The maximum Gasteiger partial charge on any atom is 1.00 e. The molecule has 2 aromatic carbocycles. The van der Waals surface area contributed by atoms with E-state index in [0.717, 1.165) is 0 Å². The average Bonchev–Trinajstić information content (AvgIpc) is 3.05. The first-order chi connectivity index (χ1) is 21.3. The van der Waals surface area contributed by atoms with E-state index < -0.39 is 34.2 Å². The summed E-state index contributed by atoms with van der Waals surface area (Å²) in [4.78, 5) is 68.2. The number of benzene rings is 2. The predicted molar refractivity (Wildman–Crippen MR) is 156 cm³/mol. The molecule has 0 bridgehead atoms. The Morgan fingerprint density at radius 1 is 0.522 bits per heavy atom. The molecule has 46 heavy (non-hydrogen) atoms. The molecule has 12 nitrogen and oxygen atoms in total. The molecule has 0 saturated heterocycles. The minimum Gasteiger partial charge on any atom is -0.545 e. The minimum absolute atomic E-state index is 0. The fraction of sp³-hybridized carbons (Fsp3) is 0. The number of carbonyl (C=O) groups is 2. The maximum absolute atomic E-state index is 12.1. The smallest absolute Gasteiger partial charge is 0.545 e. The molecule has 2 N–H and O–H groups in total. The van der Waals surface area contributed by atoms with Crippen molar-refractivity contribution < 1.29 is 78.9 Å². The molecule has 6 aromatic rings. The Hall–Kier alpha value is -4.56. The Morgan fingerprint density at radius 3 is 1.17 bits per heavy atom. The Morgan fingerprint density at radius 2 is 0.870 bits per heavy atom. The van der Waals surface area contributed by atoms with Gasteiger partial charge in [-0.2, -0.15) is 0 Å². The maximum atomic E-state index is 12.1. The molecule has 4 heterocycles. The Kier molecular flexibility index (Phi) is 13.0. The van der Waals surface area contributed by atoms with Crippen molar-refractivity contribution in [2.45, 2.75) is 0 Å². The molecule has 0 aliphatic rings. The summed E-state index contributed by atoms with van der Waals surface area (Å²) in [6.07, 6.45) is 6.25. The van der Waals surface area contributed by atoms with Gasteiger partial charge in [-0.15, -0.1) is 0 Å². The number of carboxylic acids is 2. The van der Waals surface area contributed by atoms with Crippen LogP contribution in [-0.2, 0) is 0 Å². The van der Waals surface area contributed by atoms with Crippen LogP contribution in [0.4, 0.5) is 0 Å². The van der Waals surface area contributed by atoms with Gasteiger partial charge in [0.15, 0.2) is 0 Å². The molecule has 0 aliphatic heterocycles. The predicted octanol–water partition coefficient (Wildman–Crippen LogP) is -4.27. The number of carboxylic acid groups (broad SMARTS) is 2. The van der Waals surface area contributed by atoms with Gasteiger partial charge in [-0.3, -0.25) is 19.6 Å². The van der Waals surface area contributed by atoms with E-state index in [4.69, 9.17) is 0 Å².